The summed E-state index contributed by atoms with van der Waals surface area (Å²) in [7, 11) is -3.34. The van der Waals surface area contributed by atoms with Crippen molar-refractivity contribution in [1.82, 2.24) is 14.8 Å². The van der Waals surface area contributed by atoms with Gasteiger partial charge in [0.25, 0.3) is 5.91 Å². The number of carbonyl (C=O) groups excluding carboxylic acids is 2. The number of oxime groups is 1. The Kier molecular flexibility index (Phi) is 8.60. The highest BCUT2D eigenvalue weighted by Crippen LogP contribution is 2.33. The molecule has 11 nitrogen and oxygen atoms in total. The molecule has 1 N–H and O–H groups in total. The third-order valence-corrected chi connectivity index (χ3v) is 10.2. The van der Waals surface area contributed by atoms with Gasteiger partial charge in [0.05, 0.1) is 23.4 Å². The summed E-state index contributed by atoms with van der Waals surface area (Å²) < 4.78 is 30.5. The summed E-state index contributed by atoms with van der Waals surface area (Å²) in [5.74, 6) is -0.403. The molecular formula is C26H33N5O6S2. The van der Waals surface area contributed by atoms with E-state index in [4.69, 9.17) is 9.57 Å². The quantitative estimate of drug-likeness (QED) is 0.356. The van der Waals surface area contributed by atoms with Crippen LogP contribution in [0, 0.1) is 0 Å². The van der Waals surface area contributed by atoms with E-state index in [2.05, 4.69) is 20.4 Å². The Bertz CT molecular complexity index is 1320. The Hall–Kier alpha value is -2.87. The summed E-state index contributed by atoms with van der Waals surface area (Å²) in [6.45, 7) is 6.38. The van der Waals surface area contributed by atoms with E-state index >= 15 is 0 Å². The number of aromatic nitrogens is 1. The zero-order valence-electron chi connectivity index (χ0n) is 21.9. The molecule has 2 aliphatic heterocycles. The first-order valence-electron chi connectivity index (χ1n) is 13.2. The highest BCUT2D eigenvalue weighted by molar-refractivity contribution is 7.92. The second-order valence-corrected chi connectivity index (χ2v) is 13.4. The molecule has 2 saturated heterocycles. The van der Waals surface area contributed by atoms with E-state index in [0.717, 1.165) is 30.9 Å². The maximum atomic E-state index is 13.3. The van der Waals surface area contributed by atoms with Gasteiger partial charge in [-0.15, -0.1) is 11.3 Å². The SMILES string of the molecule is CC(=O)N1CCCN(Cc2cnc(NC(=O)C(=NO[C@@H]3CCOC3)c3ccc(S(=O)(=O)C4CC4)cc3)s2)CC1. The minimum absolute atomic E-state index is 0.0332. The van der Waals surface area contributed by atoms with Crippen molar-refractivity contribution in [3.63, 3.8) is 0 Å². The molecule has 0 bridgehead atoms. The molecule has 3 aliphatic rings. The molecule has 2 aromatic rings. The smallest absolute Gasteiger partial charge is 0.280 e. The minimum atomic E-state index is -3.34. The molecule has 13 heteroatoms. The van der Waals surface area contributed by atoms with Gasteiger partial charge in [0.1, 0.15) is 0 Å². The van der Waals surface area contributed by atoms with Crippen molar-refractivity contribution in [2.45, 2.75) is 55.4 Å². The zero-order valence-corrected chi connectivity index (χ0v) is 23.5. The first-order chi connectivity index (χ1) is 18.8. The molecule has 1 aliphatic carbocycles. The number of hydrogen-bond donors (Lipinski definition) is 1. The predicted molar refractivity (Wildman–Crippen MR) is 146 cm³/mol. The highest BCUT2D eigenvalue weighted by atomic mass is 32.2. The highest BCUT2D eigenvalue weighted by Gasteiger charge is 2.37. The van der Waals surface area contributed by atoms with Gasteiger partial charge in [-0.25, -0.2) is 13.4 Å². The van der Waals surface area contributed by atoms with Crippen LogP contribution in [-0.4, -0.2) is 91.5 Å². The summed E-state index contributed by atoms with van der Waals surface area (Å²) in [5, 5.41) is 7.09. The number of nitrogens with zero attached hydrogens (tertiary/aromatic N) is 4. The number of amides is 2. The number of ether oxygens (including phenoxy) is 1. The van der Waals surface area contributed by atoms with Crippen LogP contribution in [0.3, 0.4) is 0 Å². The Labute approximate surface area is 232 Å². The van der Waals surface area contributed by atoms with E-state index < -0.39 is 15.7 Å². The molecule has 0 radical (unpaired) electrons. The van der Waals surface area contributed by atoms with Crippen molar-refractivity contribution in [2.24, 2.45) is 5.16 Å². The van der Waals surface area contributed by atoms with E-state index in [0.29, 0.717) is 56.3 Å². The van der Waals surface area contributed by atoms with E-state index in [1.165, 1.54) is 23.5 Å². The Morgan fingerprint density at radius 2 is 1.95 bits per heavy atom. The molecule has 3 fully saturated rings. The Balaban J connectivity index is 1.27. The second kappa shape index (κ2) is 12.1. The molecule has 1 aromatic heterocycles. The summed E-state index contributed by atoms with van der Waals surface area (Å²) >= 11 is 1.38. The van der Waals surface area contributed by atoms with Crippen LogP contribution in [-0.2, 0) is 35.5 Å². The number of carbonyl (C=O) groups is 2. The third kappa shape index (κ3) is 7.02. The van der Waals surface area contributed by atoms with Crippen molar-refractivity contribution < 1.29 is 27.6 Å². The van der Waals surface area contributed by atoms with Crippen LogP contribution in [0.5, 0.6) is 0 Å². The zero-order chi connectivity index (χ0) is 27.4. The fourth-order valence-corrected chi connectivity index (χ4v) is 7.09. The minimum Gasteiger partial charge on any atom is -0.389 e. The van der Waals surface area contributed by atoms with Crippen LogP contribution in [0.15, 0.2) is 40.5 Å². The molecule has 2 amide bonds. The molecule has 210 valence electrons. The fourth-order valence-electron chi connectivity index (χ4n) is 4.58. The van der Waals surface area contributed by atoms with E-state index in [9.17, 15) is 18.0 Å². The van der Waals surface area contributed by atoms with Crippen molar-refractivity contribution >= 4 is 43.8 Å². The van der Waals surface area contributed by atoms with Crippen LogP contribution in [0.4, 0.5) is 5.13 Å². The van der Waals surface area contributed by atoms with Gasteiger partial charge in [-0.3, -0.25) is 19.8 Å². The predicted octanol–water partition coefficient (Wildman–Crippen LogP) is 2.28. The van der Waals surface area contributed by atoms with Crippen molar-refractivity contribution in [3.8, 4) is 0 Å². The van der Waals surface area contributed by atoms with Crippen LogP contribution >= 0.6 is 11.3 Å². The molecular weight excluding hydrogens is 542 g/mol. The van der Waals surface area contributed by atoms with E-state index in [-0.39, 0.29) is 27.9 Å². The molecule has 39 heavy (non-hydrogen) atoms. The number of hydrogen-bond acceptors (Lipinski definition) is 10. The van der Waals surface area contributed by atoms with Crippen LogP contribution in [0.1, 0.15) is 43.0 Å². The number of anilines is 1. The maximum absolute atomic E-state index is 13.3. The van der Waals surface area contributed by atoms with Crippen LogP contribution < -0.4 is 5.32 Å². The van der Waals surface area contributed by atoms with Crippen molar-refractivity contribution in [3.05, 3.63) is 40.9 Å². The molecule has 0 spiro atoms. The normalized spacial score (nSPS) is 21.0. The lowest BCUT2D eigenvalue weighted by molar-refractivity contribution is -0.128. The molecule has 5 rings (SSSR count). The van der Waals surface area contributed by atoms with Crippen LogP contribution in [0.25, 0.3) is 0 Å². The summed E-state index contributed by atoms with van der Waals surface area (Å²) in [4.78, 5) is 40.4. The average Bonchev–Trinajstić information content (AvgIpc) is 3.58. The number of benzene rings is 1. The van der Waals surface area contributed by atoms with Gasteiger partial charge < -0.3 is 14.5 Å². The maximum Gasteiger partial charge on any atom is 0.280 e. The largest absolute Gasteiger partial charge is 0.389 e. The third-order valence-electron chi connectivity index (χ3n) is 7.00. The lowest BCUT2D eigenvalue weighted by Gasteiger charge is -2.20. The Morgan fingerprint density at radius 1 is 1.15 bits per heavy atom. The lowest BCUT2D eigenvalue weighted by Crippen LogP contribution is -2.33. The van der Waals surface area contributed by atoms with Crippen molar-refractivity contribution in [1.29, 1.82) is 0 Å². The fraction of sp³-hybridized carbons (Fsp3) is 0.538. The lowest BCUT2D eigenvalue weighted by atomic mass is 10.1. The van der Waals surface area contributed by atoms with Gasteiger partial charge in [-0.1, -0.05) is 17.3 Å². The average molecular weight is 576 g/mol. The van der Waals surface area contributed by atoms with Gasteiger partial charge in [0.15, 0.2) is 26.8 Å². The summed E-state index contributed by atoms with van der Waals surface area (Å²) in [5.41, 5.74) is 0.475. The first kappa shape index (κ1) is 27.7. The van der Waals surface area contributed by atoms with Crippen molar-refractivity contribution in [2.75, 3.05) is 44.7 Å². The van der Waals surface area contributed by atoms with E-state index in [1.807, 2.05) is 4.90 Å². The number of thiazole rings is 1. The van der Waals surface area contributed by atoms with Gasteiger partial charge in [-0.05, 0) is 31.4 Å². The summed E-state index contributed by atoms with van der Waals surface area (Å²) in [6, 6.07) is 6.19. The molecule has 1 atom stereocenters. The van der Waals surface area contributed by atoms with Crippen LogP contribution in [0.2, 0.25) is 0 Å². The topological polar surface area (TPSA) is 130 Å². The molecule has 0 unspecified atom stereocenters. The monoisotopic (exact) mass is 575 g/mol. The molecule has 3 heterocycles. The number of nitrogens with one attached hydrogen (secondary N) is 1. The molecule has 1 aromatic carbocycles. The number of sulfone groups is 1. The molecule has 1 saturated carbocycles. The van der Waals surface area contributed by atoms with Gasteiger partial charge in [0.2, 0.25) is 5.91 Å². The van der Waals surface area contributed by atoms with E-state index in [1.54, 1.807) is 25.3 Å². The first-order valence-corrected chi connectivity index (χ1v) is 15.6. The second-order valence-electron chi connectivity index (χ2n) is 10.0. The Morgan fingerprint density at radius 3 is 2.64 bits per heavy atom. The van der Waals surface area contributed by atoms with Gasteiger partial charge in [-0.2, -0.15) is 0 Å². The summed E-state index contributed by atoms with van der Waals surface area (Å²) in [6.07, 6.45) is 4.44. The van der Waals surface area contributed by atoms with Gasteiger partial charge in [0, 0.05) is 62.7 Å². The van der Waals surface area contributed by atoms with Gasteiger partial charge >= 0.3 is 0 Å². The number of rotatable bonds is 9. The standard InChI is InChI=1S/C26H33N5O6S2/c1-18(32)31-11-2-10-30(12-13-31)16-21-15-27-26(38-21)28-25(33)24(29-37-20-9-14-36-17-20)19-3-5-22(6-4-19)39(34,35)23-7-8-23/h3-6,15,20,23H,2,7-14,16-17H2,1H3,(H,27,28,33)/t20-/m1/s1.